The molecule has 2 heterocycles. The van der Waals surface area contributed by atoms with Crippen LogP contribution in [0.5, 0.6) is 0 Å². The first-order chi connectivity index (χ1) is 9.08. The van der Waals surface area contributed by atoms with Crippen molar-refractivity contribution in [1.29, 1.82) is 0 Å². The lowest BCUT2D eigenvalue weighted by molar-refractivity contribution is 0.790. The van der Waals surface area contributed by atoms with Crippen molar-refractivity contribution in [2.75, 3.05) is 0 Å². The van der Waals surface area contributed by atoms with E-state index in [-0.39, 0.29) is 11.6 Å². The summed E-state index contributed by atoms with van der Waals surface area (Å²) in [6.07, 6.45) is 1.75. The van der Waals surface area contributed by atoms with Crippen LogP contribution in [0.3, 0.4) is 0 Å². The van der Waals surface area contributed by atoms with E-state index in [1.54, 1.807) is 10.8 Å². The molecule has 4 nitrogen and oxygen atoms in total. The molecule has 96 valence electrons. The van der Waals surface area contributed by atoms with E-state index in [0.29, 0.717) is 0 Å². The van der Waals surface area contributed by atoms with Crippen molar-refractivity contribution in [3.05, 3.63) is 47.5 Å². The molecule has 3 aromatic rings. The van der Waals surface area contributed by atoms with Gasteiger partial charge >= 0.3 is 5.69 Å². The van der Waals surface area contributed by atoms with Crippen LogP contribution in [-0.2, 0) is 0 Å². The van der Waals surface area contributed by atoms with Crippen LogP contribution in [0, 0.1) is 5.92 Å². The highest BCUT2D eigenvalue weighted by molar-refractivity contribution is 5.94. The second-order valence-electron chi connectivity index (χ2n) is 4.98. The van der Waals surface area contributed by atoms with Gasteiger partial charge in [0.25, 0.3) is 0 Å². The number of pyridine rings is 1. The number of nitrogens with one attached hydrogen (secondary N) is 1. The van der Waals surface area contributed by atoms with Gasteiger partial charge in [0.05, 0.1) is 16.6 Å². The summed E-state index contributed by atoms with van der Waals surface area (Å²) in [5.41, 5.74) is 3.16. The standard InChI is InChI=1S/C15H15N3O/c1-9(2)10(3)18-14-7-11-5-4-6-16-12(11)8-13(14)17-15(18)19/h4-9H,3H2,1-2H3,(H,17,19). The van der Waals surface area contributed by atoms with Crippen LogP contribution in [0.25, 0.3) is 27.6 Å². The van der Waals surface area contributed by atoms with Crippen molar-refractivity contribution in [1.82, 2.24) is 14.5 Å². The fourth-order valence-electron chi connectivity index (χ4n) is 2.22. The van der Waals surface area contributed by atoms with Gasteiger partial charge in [-0.05, 0) is 24.1 Å². The molecule has 0 aliphatic heterocycles. The Balaban J connectivity index is 2.40. The van der Waals surface area contributed by atoms with Crippen LogP contribution < -0.4 is 5.69 Å². The lowest BCUT2D eigenvalue weighted by Crippen LogP contribution is -2.17. The summed E-state index contributed by atoms with van der Waals surface area (Å²) in [4.78, 5) is 19.2. The first-order valence-electron chi connectivity index (χ1n) is 6.26. The maximum Gasteiger partial charge on any atom is 0.330 e. The summed E-state index contributed by atoms with van der Waals surface area (Å²) < 4.78 is 1.65. The van der Waals surface area contributed by atoms with Gasteiger partial charge in [0.1, 0.15) is 0 Å². The second kappa shape index (κ2) is 4.09. The van der Waals surface area contributed by atoms with Gasteiger partial charge in [-0.2, -0.15) is 0 Å². The number of nitrogens with zero attached hydrogens (tertiary/aromatic N) is 2. The van der Waals surface area contributed by atoms with Gasteiger partial charge in [-0.3, -0.25) is 9.55 Å². The quantitative estimate of drug-likeness (QED) is 0.763. The second-order valence-corrected chi connectivity index (χ2v) is 4.98. The van der Waals surface area contributed by atoms with Gasteiger partial charge in [-0.15, -0.1) is 0 Å². The first kappa shape index (κ1) is 11.7. The van der Waals surface area contributed by atoms with Crippen molar-refractivity contribution in [3.63, 3.8) is 0 Å². The predicted molar refractivity (Wildman–Crippen MR) is 78.0 cm³/mol. The zero-order valence-corrected chi connectivity index (χ0v) is 11.0. The van der Waals surface area contributed by atoms with Crippen molar-refractivity contribution >= 4 is 27.6 Å². The van der Waals surface area contributed by atoms with Gasteiger partial charge in [0.15, 0.2) is 0 Å². The molecule has 1 N–H and O–H groups in total. The molecule has 0 saturated heterocycles. The number of H-pyrrole nitrogens is 1. The minimum Gasteiger partial charge on any atom is -0.305 e. The lowest BCUT2D eigenvalue weighted by atomic mass is 10.1. The minimum atomic E-state index is -0.149. The van der Waals surface area contributed by atoms with Crippen LogP contribution in [0.1, 0.15) is 13.8 Å². The zero-order valence-electron chi connectivity index (χ0n) is 11.0. The fourth-order valence-corrected chi connectivity index (χ4v) is 2.22. The van der Waals surface area contributed by atoms with Gasteiger partial charge < -0.3 is 4.98 Å². The van der Waals surface area contributed by atoms with Crippen LogP contribution >= 0.6 is 0 Å². The molecular formula is C15H15N3O. The molecule has 0 atom stereocenters. The molecule has 0 aliphatic rings. The van der Waals surface area contributed by atoms with Gasteiger partial charge in [-0.1, -0.05) is 26.5 Å². The number of aromatic nitrogens is 3. The van der Waals surface area contributed by atoms with E-state index < -0.39 is 0 Å². The molecule has 0 fully saturated rings. The van der Waals surface area contributed by atoms with Crippen molar-refractivity contribution < 1.29 is 0 Å². The maximum absolute atomic E-state index is 12.1. The molecule has 2 aromatic heterocycles. The highest BCUT2D eigenvalue weighted by atomic mass is 16.1. The van der Waals surface area contributed by atoms with Gasteiger partial charge in [-0.25, -0.2) is 4.79 Å². The number of rotatable bonds is 2. The normalized spacial score (nSPS) is 11.5. The highest BCUT2D eigenvalue weighted by Gasteiger charge is 2.12. The van der Waals surface area contributed by atoms with Gasteiger partial charge in [0, 0.05) is 17.3 Å². The molecule has 3 rings (SSSR count). The minimum absolute atomic E-state index is 0.149. The van der Waals surface area contributed by atoms with Crippen LogP contribution in [0.15, 0.2) is 41.8 Å². The maximum atomic E-state index is 12.1. The Morgan fingerprint density at radius 3 is 2.95 bits per heavy atom. The Bertz CT molecular complexity index is 839. The average molecular weight is 253 g/mol. The molecule has 0 spiro atoms. The molecule has 4 heteroatoms. The third-order valence-electron chi connectivity index (χ3n) is 3.36. The molecule has 0 saturated carbocycles. The molecule has 0 bridgehead atoms. The zero-order chi connectivity index (χ0) is 13.6. The highest BCUT2D eigenvalue weighted by Crippen LogP contribution is 2.22. The number of benzene rings is 1. The molecule has 0 aliphatic carbocycles. The molecule has 1 aromatic carbocycles. The van der Waals surface area contributed by atoms with Crippen molar-refractivity contribution in [3.8, 4) is 0 Å². The summed E-state index contributed by atoms with van der Waals surface area (Å²) in [5, 5.41) is 1.01. The van der Waals surface area contributed by atoms with E-state index in [9.17, 15) is 4.79 Å². The number of hydrogen-bond donors (Lipinski definition) is 1. The molecule has 0 unspecified atom stereocenters. The molecule has 0 amide bonds. The van der Waals surface area contributed by atoms with E-state index in [4.69, 9.17) is 0 Å². The summed E-state index contributed by atoms with van der Waals surface area (Å²) in [6.45, 7) is 8.06. The van der Waals surface area contributed by atoms with E-state index in [2.05, 4.69) is 16.5 Å². The fraction of sp³-hybridized carbons (Fsp3) is 0.200. The third kappa shape index (κ3) is 1.76. The Morgan fingerprint density at radius 1 is 1.42 bits per heavy atom. The monoisotopic (exact) mass is 253 g/mol. The molecule has 19 heavy (non-hydrogen) atoms. The van der Waals surface area contributed by atoms with Crippen molar-refractivity contribution in [2.45, 2.75) is 13.8 Å². The predicted octanol–water partition coefficient (Wildman–Crippen LogP) is 3.00. The summed E-state index contributed by atoms with van der Waals surface area (Å²) in [5.74, 6) is 0.210. The summed E-state index contributed by atoms with van der Waals surface area (Å²) >= 11 is 0. The lowest BCUT2D eigenvalue weighted by Gasteiger charge is -2.10. The van der Waals surface area contributed by atoms with Crippen LogP contribution in [-0.4, -0.2) is 14.5 Å². The Labute approximate surface area is 110 Å². The first-order valence-corrected chi connectivity index (χ1v) is 6.26. The van der Waals surface area contributed by atoms with E-state index in [0.717, 1.165) is 27.6 Å². The average Bonchev–Trinajstić information content (AvgIpc) is 2.70. The van der Waals surface area contributed by atoms with E-state index in [1.807, 2.05) is 38.1 Å². The van der Waals surface area contributed by atoms with Crippen LogP contribution in [0.4, 0.5) is 0 Å². The summed E-state index contributed by atoms with van der Waals surface area (Å²) in [7, 11) is 0. The number of hydrogen-bond acceptors (Lipinski definition) is 2. The molecule has 0 radical (unpaired) electrons. The van der Waals surface area contributed by atoms with Gasteiger partial charge in [0.2, 0.25) is 0 Å². The molecular weight excluding hydrogens is 238 g/mol. The number of aromatic amines is 1. The number of fused-ring (bicyclic) bond motifs is 2. The van der Waals surface area contributed by atoms with Crippen molar-refractivity contribution in [2.24, 2.45) is 5.92 Å². The third-order valence-corrected chi connectivity index (χ3v) is 3.36. The SMILES string of the molecule is C=C(C(C)C)n1c(=O)[nH]c2cc3ncccc3cc21. The number of imidazole rings is 1. The van der Waals surface area contributed by atoms with E-state index >= 15 is 0 Å². The Kier molecular flexibility index (Phi) is 2.52. The Morgan fingerprint density at radius 2 is 2.21 bits per heavy atom. The Hall–Kier alpha value is -2.36. The number of allylic oxidation sites excluding steroid dienone is 1. The smallest absolute Gasteiger partial charge is 0.305 e. The van der Waals surface area contributed by atoms with Crippen LogP contribution in [0.2, 0.25) is 0 Å². The van der Waals surface area contributed by atoms with E-state index in [1.165, 1.54) is 0 Å². The largest absolute Gasteiger partial charge is 0.330 e. The summed E-state index contributed by atoms with van der Waals surface area (Å²) in [6, 6.07) is 7.75. The topological polar surface area (TPSA) is 50.7 Å².